The Morgan fingerprint density at radius 2 is 2.20 bits per heavy atom. The van der Waals surface area contributed by atoms with Gasteiger partial charge in [-0.25, -0.2) is 0 Å². The highest BCUT2D eigenvalue weighted by Crippen LogP contribution is 2.16. The van der Waals surface area contributed by atoms with Crippen LogP contribution in [0.1, 0.15) is 12.5 Å². The standard InChI is InChI=1S/C14H16O/c1-4-6-9-13(5-2)15-14-10-7-8-12(3)11-14/h4-11H,1H2,2-3H3/b9-6-,13-5+. The molecule has 1 nitrogen and oxygen atoms in total. The van der Waals surface area contributed by atoms with Crippen molar-refractivity contribution in [3.63, 3.8) is 0 Å². The van der Waals surface area contributed by atoms with Crippen molar-refractivity contribution in [1.29, 1.82) is 0 Å². The molecule has 0 aliphatic carbocycles. The van der Waals surface area contributed by atoms with Crippen LogP contribution in [0.5, 0.6) is 5.75 Å². The van der Waals surface area contributed by atoms with Crippen LogP contribution in [-0.4, -0.2) is 0 Å². The maximum atomic E-state index is 5.67. The third-order valence-electron chi connectivity index (χ3n) is 1.91. The lowest BCUT2D eigenvalue weighted by Gasteiger charge is -2.06. The number of hydrogen-bond acceptors (Lipinski definition) is 1. The second-order valence-corrected chi connectivity index (χ2v) is 3.20. The topological polar surface area (TPSA) is 9.23 Å². The van der Waals surface area contributed by atoms with Crippen LogP contribution in [0.4, 0.5) is 0 Å². The Morgan fingerprint density at radius 1 is 1.40 bits per heavy atom. The summed E-state index contributed by atoms with van der Waals surface area (Å²) in [5.41, 5.74) is 1.19. The zero-order chi connectivity index (χ0) is 11.1. The van der Waals surface area contributed by atoms with Gasteiger partial charge in [0, 0.05) is 0 Å². The molecule has 0 bridgehead atoms. The minimum atomic E-state index is 0.820. The number of aryl methyl sites for hydroxylation is 1. The van der Waals surface area contributed by atoms with Crippen LogP contribution in [0.2, 0.25) is 0 Å². The molecule has 78 valence electrons. The molecule has 0 saturated carbocycles. The molecule has 1 aromatic carbocycles. The Bertz CT molecular complexity index is 386. The zero-order valence-electron chi connectivity index (χ0n) is 9.23. The highest BCUT2D eigenvalue weighted by molar-refractivity contribution is 5.30. The Balaban J connectivity index is 2.76. The molecular weight excluding hydrogens is 184 g/mol. The number of rotatable bonds is 4. The Hall–Kier alpha value is -1.76. The maximum absolute atomic E-state index is 5.67. The van der Waals surface area contributed by atoms with Gasteiger partial charge in [-0.3, -0.25) is 0 Å². The van der Waals surface area contributed by atoms with E-state index in [2.05, 4.69) is 6.58 Å². The van der Waals surface area contributed by atoms with Crippen LogP contribution in [0, 0.1) is 6.92 Å². The molecule has 1 rings (SSSR count). The highest BCUT2D eigenvalue weighted by atomic mass is 16.5. The van der Waals surface area contributed by atoms with Gasteiger partial charge in [0.15, 0.2) is 0 Å². The monoisotopic (exact) mass is 200 g/mol. The van der Waals surface area contributed by atoms with Crippen molar-refractivity contribution in [2.75, 3.05) is 0 Å². The normalized spacial score (nSPS) is 11.7. The minimum Gasteiger partial charge on any atom is -0.458 e. The summed E-state index contributed by atoms with van der Waals surface area (Å²) < 4.78 is 5.67. The van der Waals surface area contributed by atoms with Crippen molar-refractivity contribution >= 4 is 0 Å². The Morgan fingerprint density at radius 3 is 2.80 bits per heavy atom. The fourth-order valence-electron chi connectivity index (χ4n) is 1.17. The number of ether oxygens (including phenoxy) is 1. The quantitative estimate of drug-likeness (QED) is 0.527. The fourth-order valence-corrected chi connectivity index (χ4v) is 1.17. The van der Waals surface area contributed by atoms with Crippen LogP contribution in [0.25, 0.3) is 0 Å². The first kappa shape index (κ1) is 11.3. The van der Waals surface area contributed by atoms with Crippen LogP contribution in [0.3, 0.4) is 0 Å². The van der Waals surface area contributed by atoms with Crippen LogP contribution in [0.15, 0.2) is 60.9 Å². The molecule has 0 heterocycles. The summed E-state index contributed by atoms with van der Waals surface area (Å²) in [6, 6.07) is 7.97. The van der Waals surface area contributed by atoms with Crippen LogP contribution < -0.4 is 4.74 Å². The molecule has 0 atom stereocenters. The van der Waals surface area contributed by atoms with Crippen molar-refractivity contribution in [2.45, 2.75) is 13.8 Å². The molecule has 0 aliphatic rings. The zero-order valence-corrected chi connectivity index (χ0v) is 9.23. The van der Waals surface area contributed by atoms with Gasteiger partial charge in [0.1, 0.15) is 11.5 Å². The van der Waals surface area contributed by atoms with E-state index in [9.17, 15) is 0 Å². The lowest BCUT2D eigenvalue weighted by atomic mass is 10.2. The van der Waals surface area contributed by atoms with E-state index < -0.39 is 0 Å². The van der Waals surface area contributed by atoms with Gasteiger partial charge in [-0.2, -0.15) is 0 Å². The average molecular weight is 200 g/mol. The largest absolute Gasteiger partial charge is 0.458 e. The lowest BCUT2D eigenvalue weighted by Crippen LogP contribution is -1.91. The maximum Gasteiger partial charge on any atom is 0.127 e. The van der Waals surface area contributed by atoms with Gasteiger partial charge in [0.2, 0.25) is 0 Å². The summed E-state index contributed by atoms with van der Waals surface area (Å²) >= 11 is 0. The predicted octanol–water partition coefficient (Wildman–Crippen LogP) is 4.02. The fraction of sp³-hybridized carbons (Fsp3) is 0.143. The third-order valence-corrected chi connectivity index (χ3v) is 1.91. The van der Waals surface area contributed by atoms with E-state index in [-0.39, 0.29) is 0 Å². The van der Waals surface area contributed by atoms with Crippen molar-refractivity contribution < 1.29 is 4.74 Å². The van der Waals surface area contributed by atoms with E-state index in [1.54, 1.807) is 6.08 Å². The number of benzene rings is 1. The van der Waals surface area contributed by atoms with E-state index in [4.69, 9.17) is 4.74 Å². The molecular formula is C14H16O. The first-order valence-electron chi connectivity index (χ1n) is 4.96. The first-order chi connectivity index (χ1) is 7.26. The van der Waals surface area contributed by atoms with E-state index >= 15 is 0 Å². The van der Waals surface area contributed by atoms with Crippen molar-refractivity contribution in [2.24, 2.45) is 0 Å². The molecule has 0 fully saturated rings. The van der Waals surface area contributed by atoms with Crippen molar-refractivity contribution in [3.05, 3.63) is 66.5 Å². The van der Waals surface area contributed by atoms with Crippen molar-refractivity contribution in [1.82, 2.24) is 0 Å². The van der Waals surface area contributed by atoms with Gasteiger partial charge >= 0.3 is 0 Å². The molecule has 0 aliphatic heterocycles. The molecule has 0 saturated heterocycles. The summed E-state index contributed by atoms with van der Waals surface area (Å²) in [5.74, 6) is 1.68. The van der Waals surface area contributed by atoms with Crippen LogP contribution in [-0.2, 0) is 0 Å². The number of hydrogen-bond donors (Lipinski definition) is 0. The van der Waals surface area contributed by atoms with Gasteiger partial charge in [0.25, 0.3) is 0 Å². The Labute approximate surface area is 91.4 Å². The molecule has 0 radical (unpaired) electrons. The average Bonchev–Trinajstić information content (AvgIpc) is 2.24. The van der Waals surface area contributed by atoms with Crippen LogP contribution >= 0.6 is 0 Å². The van der Waals surface area contributed by atoms with E-state index in [1.165, 1.54) is 5.56 Å². The molecule has 0 spiro atoms. The van der Waals surface area contributed by atoms with E-state index in [0.717, 1.165) is 11.5 Å². The third kappa shape index (κ3) is 3.86. The molecule has 1 heteroatoms. The summed E-state index contributed by atoms with van der Waals surface area (Å²) in [7, 11) is 0. The van der Waals surface area contributed by atoms with Crippen molar-refractivity contribution in [3.8, 4) is 5.75 Å². The summed E-state index contributed by atoms with van der Waals surface area (Å²) in [4.78, 5) is 0. The summed E-state index contributed by atoms with van der Waals surface area (Å²) in [6.45, 7) is 7.60. The van der Waals surface area contributed by atoms with E-state index in [0.29, 0.717) is 0 Å². The molecule has 0 aromatic heterocycles. The second-order valence-electron chi connectivity index (χ2n) is 3.20. The SMILES string of the molecule is C=C/C=C\C(=C/C)Oc1cccc(C)c1. The highest BCUT2D eigenvalue weighted by Gasteiger charge is 1.95. The summed E-state index contributed by atoms with van der Waals surface area (Å²) in [6.07, 6.45) is 7.38. The van der Waals surface area contributed by atoms with Gasteiger partial charge in [0.05, 0.1) is 0 Å². The first-order valence-corrected chi connectivity index (χ1v) is 4.96. The minimum absolute atomic E-state index is 0.820. The molecule has 0 N–H and O–H groups in total. The van der Waals surface area contributed by atoms with Gasteiger partial charge < -0.3 is 4.74 Å². The molecule has 0 unspecified atom stereocenters. The lowest BCUT2D eigenvalue weighted by molar-refractivity contribution is 0.443. The second kappa shape index (κ2) is 5.86. The Kier molecular flexibility index (Phi) is 4.42. The molecule has 15 heavy (non-hydrogen) atoms. The van der Waals surface area contributed by atoms with Gasteiger partial charge in [-0.05, 0) is 43.7 Å². The van der Waals surface area contributed by atoms with E-state index in [1.807, 2.05) is 56.3 Å². The summed E-state index contributed by atoms with van der Waals surface area (Å²) in [5, 5.41) is 0. The van der Waals surface area contributed by atoms with Gasteiger partial charge in [-0.15, -0.1) is 0 Å². The molecule has 1 aromatic rings. The smallest absolute Gasteiger partial charge is 0.127 e. The predicted molar refractivity (Wildman–Crippen MR) is 64.9 cm³/mol. The number of allylic oxidation sites excluding steroid dienone is 4. The van der Waals surface area contributed by atoms with Gasteiger partial charge in [-0.1, -0.05) is 30.9 Å². The molecule has 0 amide bonds.